The highest BCUT2D eigenvalue weighted by molar-refractivity contribution is 6.04. The van der Waals surface area contributed by atoms with Crippen LogP contribution in [0, 0.1) is 0 Å². The Morgan fingerprint density at radius 2 is 1.89 bits per heavy atom. The second kappa shape index (κ2) is 5.21. The van der Waals surface area contributed by atoms with Crippen LogP contribution in [0.5, 0.6) is 0 Å². The molecule has 4 heteroatoms. The number of nitrogens with one attached hydrogen (secondary N) is 1. The van der Waals surface area contributed by atoms with Crippen molar-refractivity contribution in [2.45, 2.75) is 26.2 Å². The Labute approximate surface area is 107 Å². The van der Waals surface area contributed by atoms with Crippen molar-refractivity contribution in [2.24, 2.45) is 0 Å². The summed E-state index contributed by atoms with van der Waals surface area (Å²) in [7, 11) is 3.63. The molecule has 18 heavy (non-hydrogen) atoms. The lowest BCUT2D eigenvalue weighted by molar-refractivity contribution is 0.104. The second-order valence-corrected chi connectivity index (χ2v) is 5.51. The predicted octanol–water partition coefficient (Wildman–Crippen LogP) is 1.93. The molecule has 0 aliphatic heterocycles. The van der Waals surface area contributed by atoms with Crippen LogP contribution in [-0.2, 0) is 5.41 Å². The zero-order chi connectivity index (χ0) is 13.9. The predicted molar refractivity (Wildman–Crippen MR) is 72.9 cm³/mol. The van der Waals surface area contributed by atoms with Gasteiger partial charge in [-0.05, 0) is 12.1 Å². The van der Waals surface area contributed by atoms with Gasteiger partial charge in [0.2, 0.25) is 0 Å². The van der Waals surface area contributed by atoms with Crippen LogP contribution in [0.25, 0.3) is 0 Å². The Bertz CT molecular complexity index is 519. The van der Waals surface area contributed by atoms with Crippen LogP contribution >= 0.6 is 0 Å². The number of carbonyl (C=O) groups excluding carboxylic acids is 1. The topological polar surface area (TPSA) is 53.2 Å². The fourth-order valence-corrected chi connectivity index (χ4v) is 1.41. The van der Waals surface area contributed by atoms with E-state index in [1.807, 2.05) is 34.9 Å². The van der Waals surface area contributed by atoms with Crippen molar-refractivity contribution < 1.29 is 4.79 Å². The van der Waals surface area contributed by atoms with Crippen LogP contribution in [0.15, 0.2) is 29.2 Å². The van der Waals surface area contributed by atoms with Crippen molar-refractivity contribution in [1.29, 1.82) is 0 Å². The van der Waals surface area contributed by atoms with E-state index >= 15 is 0 Å². The van der Waals surface area contributed by atoms with Gasteiger partial charge < -0.3 is 9.88 Å². The smallest absolute Gasteiger partial charge is 0.259 e. The standard InChI is InChI=1S/C14H20N2O2/c1-14(2,3)12-7-6-10(13(18)15-12)11(17)8-9-16(4)5/h6-9H,1-5H3,(H,15,18). The number of rotatable bonds is 3. The number of nitrogens with zero attached hydrogens (tertiary/aromatic N) is 1. The van der Waals surface area contributed by atoms with Gasteiger partial charge in [-0.1, -0.05) is 20.8 Å². The van der Waals surface area contributed by atoms with Gasteiger partial charge in [-0.25, -0.2) is 0 Å². The number of aromatic nitrogens is 1. The number of hydrogen-bond donors (Lipinski definition) is 1. The summed E-state index contributed by atoms with van der Waals surface area (Å²) in [6.07, 6.45) is 3.01. The first-order chi connectivity index (χ1) is 8.21. The van der Waals surface area contributed by atoms with Gasteiger partial charge in [0, 0.05) is 37.5 Å². The lowest BCUT2D eigenvalue weighted by Crippen LogP contribution is -2.23. The van der Waals surface area contributed by atoms with E-state index in [2.05, 4.69) is 4.98 Å². The molecule has 1 rings (SSSR count). The Kier molecular flexibility index (Phi) is 4.11. The zero-order valence-electron chi connectivity index (χ0n) is 11.6. The van der Waals surface area contributed by atoms with Crippen molar-refractivity contribution in [2.75, 3.05) is 14.1 Å². The van der Waals surface area contributed by atoms with Gasteiger partial charge in [0.15, 0.2) is 5.78 Å². The van der Waals surface area contributed by atoms with E-state index in [9.17, 15) is 9.59 Å². The number of H-pyrrole nitrogens is 1. The highest BCUT2D eigenvalue weighted by Crippen LogP contribution is 2.18. The molecule has 1 N–H and O–H groups in total. The van der Waals surface area contributed by atoms with Crippen molar-refractivity contribution in [3.05, 3.63) is 46.0 Å². The molecule has 0 aromatic carbocycles. The molecule has 4 nitrogen and oxygen atoms in total. The normalized spacial score (nSPS) is 11.8. The minimum Gasteiger partial charge on any atom is -0.383 e. The molecule has 1 aromatic rings. The van der Waals surface area contributed by atoms with E-state index in [1.165, 1.54) is 6.08 Å². The molecule has 0 bridgehead atoms. The number of hydrogen-bond acceptors (Lipinski definition) is 3. The van der Waals surface area contributed by atoms with E-state index < -0.39 is 0 Å². The molecule has 0 atom stereocenters. The average Bonchev–Trinajstić information content (AvgIpc) is 2.24. The minimum atomic E-state index is -0.337. The molecule has 0 radical (unpaired) electrons. The second-order valence-electron chi connectivity index (χ2n) is 5.51. The fourth-order valence-electron chi connectivity index (χ4n) is 1.41. The molecule has 0 unspecified atom stereocenters. The first kappa shape index (κ1) is 14.2. The summed E-state index contributed by atoms with van der Waals surface area (Å²) in [5, 5.41) is 0. The minimum absolute atomic E-state index is 0.139. The SMILES string of the molecule is CN(C)C=CC(=O)c1ccc(C(C)(C)C)[nH]c1=O. The van der Waals surface area contributed by atoms with E-state index in [1.54, 1.807) is 23.2 Å². The Morgan fingerprint density at radius 3 is 2.33 bits per heavy atom. The average molecular weight is 248 g/mol. The molecule has 0 amide bonds. The van der Waals surface area contributed by atoms with Crippen molar-refractivity contribution >= 4 is 5.78 Å². The molecule has 0 spiro atoms. The maximum Gasteiger partial charge on any atom is 0.259 e. The summed E-state index contributed by atoms with van der Waals surface area (Å²) in [4.78, 5) is 28.2. The van der Waals surface area contributed by atoms with E-state index in [0.29, 0.717) is 0 Å². The van der Waals surface area contributed by atoms with Crippen LogP contribution in [0.3, 0.4) is 0 Å². The van der Waals surface area contributed by atoms with Crippen LogP contribution < -0.4 is 5.56 Å². The van der Waals surface area contributed by atoms with Gasteiger partial charge in [-0.2, -0.15) is 0 Å². The maximum absolute atomic E-state index is 11.8. The van der Waals surface area contributed by atoms with Crippen LogP contribution in [0.1, 0.15) is 36.8 Å². The van der Waals surface area contributed by atoms with Gasteiger partial charge in [0.25, 0.3) is 5.56 Å². The van der Waals surface area contributed by atoms with Gasteiger partial charge in [0.05, 0.1) is 5.56 Å². The highest BCUT2D eigenvalue weighted by atomic mass is 16.1. The molecule has 0 fully saturated rings. The van der Waals surface area contributed by atoms with Crippen molar-refractivity contribution in [3.8, 4) is 0 Å². The third-order valence-electron chi connectivity index (χ3n) is 2.51. The van der Waals surface area contributed by atoms with Crippen LogP contribution in [0.4, 0.5) is 0 Å². The molecule has 0 saturated carbocycles. The molecule has 0 saturated heterocycles. The third kappa shape index (κ3) is 3.58. The van der Waals surface area contributed by atoms with Gasteiger partial charge in [-0.15, -0.1) is 0 Å². The number of allylic oxidation sites excluding steroid dienone is 1. The molecule has 0 aliphatic rings. The zero-order valence-corrected chi connectivity index (χ0v) is 11.6. The number of pyridine rings is 1. The molecular formula is C14H20N2O2. The summed E-state index contributed by atoms with van der Waals surface area (Å²) in [5.74, 6) is -0.287. The van der Waals surface area contributed by atoms with Gasteiger partial charge >= 0.3 is 0 Å². The summed E-state index contributed by atoms with van der Waals surface area (Å²) in [6.45, 7) is 6.02. The number of carbonyl (C=O) groups is 1. The molecular weight excluding hydrogens is 228 g/mol. The van der Waals surface area contributed by atoms with E-state index in [4.69, 9.17) is 0 Å². The Morgan fingerprint density at radius 1 is 1.28 bits per heavy atom. The first-order valence-electron chi connectivity index (χ1n) is 5.84. The Hall–Kier alpha value is -1.84. The Balaban J connectivity index is 3.07. The summed E-state index contributed by atoms with van der Waals surface area (Å²) in [5.41, 5.74) is 0.512. The molecule has 1 aromatic heterocycles. The van der Waals surface area contributed by atoms with Crippen LogP contribution in [-0.4, -0.2) is 29.8 Å². The highest BCUT2D eigenvalue weighted by Gasteiger charge is 2.16. The summed E-state index contributed by atoms with van der Waals surface area (Å²) < 4.78 is 0. The van der Waals surface area contributed by atoms with Crippen molar-refractivity contribution in [1.82, 2.24) is 9.88 Å². The van der Waals surface area contributed by atoms with Gasteiger partial charge in [0.1, 0.15) is 0 Å². The molecule has 98 valence electrons. The van der Waals surface area contributed by atoms with Crippen molar-refractivity contribution in [3.63, 3.8) is 0 Å². The van der Waals surface area contributed by atoms with Gasteiger partial charge in [-0.3, -0.25) is 9.59 Å². The summed E-state index contributed by atoms with van der Waals surface area (Å²) >= 11 is 0. The lowest BCUT2D eigenvalue weighted by Gasteiger charge is -2.18. The number of ketones is 1. The quantitative estimate of drug-likeness (QED) is 0.657. The van der Waals surface area contributed by atoms with E-state index in [-0.39, 0.29) is 22.3 Å². The first-order valence-corrected chi connectivity index (χ1v) is 5.84. The monoisotopic (exact) mass is 248 g/mol. The molecule has 0 aliphatic carbocycles. The molecule has 1 heterocycles. The summed E-state index contributed by atoms with van der Waals surface area (Å²) in [6, 6.07) is 3.37. The van der Waals surface area contributed by atoms with E-state index in [0.717, 1.165) is 5.69 Å². The lowest BCUT2D eigenvalue weighted by atomic mass is 9.91. The number of aromatic amines is 1. The maximum atomic E-state index is 11.8. The van der Waals surface area contributed by atoms with Crippen LogP contribution in [0.2, 0.25) is 0 Å². The fraction of sp³-hybridized carbons (Fsp3) is 0.429. The largest absolute Gasteiger partial charge is 0.383 e. The third-order valence-corrected chi connectivity index (χ3v) is 2.51.